The Morgan fingerprint density at radius 3 is 2.40 bits per heavy atom. The van der Waals surface area contributed by atoms with E-state index in [0.717, 1.165) is 19.8 Å². The summed E-state index contributed by atoms with van der Waals surface area (Å²) in [4.78, 5) is 0. The molecule has 0 radical (unpaired) electrons. The molecule has 58 valence electrons. The molecule has 0 aromatic rings. The summed E-state index contributed by atoms with van der Waals surface area (Å²) in [5.41, 5.74) is 0.443. The molecule has 0 bridgehead atoms. The molecular weight excluding hydrogens is 128 g/mol. The van der Waals surface area contributed by atoms with Crippen LogP contribution in [0.3, 0.4) is 0 Å². The van der Waals surface area contributed by atoms with Crippen LogP contribution in [0.4, 0.5) is 0 Å². The van der Waals surface area contributed by atoms with Crippen molar-refractivity contribution < 1.29 is 9.47 Å². The number of hydrogen-bond acceptors (Lipinski definition) is 2. The van der Waals surface area contributed by atoms with E-state index in [1.54, 1.807) is 0 Å². The molecule has 0 spiro atoms. The van der Waals surface area contributed by atoms with Gasteiger partial charge in [0.05, 0.1) is 12.7 Å². The van der Waals surface area contributed by atoms with Crippen LogP contribution in [-0.4, -0.2) is 25.9 Å². The molecule has 1 atom stereocenters. The van der Waals surface area contributed by atoms with Crippen LogP contribution in [0.1, 0.15) is 19.8 Å². The fourth-order valence-electron chi connectivity index (χ4n) is 1.61. The second-order valence-corrected chi connectivity index (χ2v) is 3.59. The van der Waals surface area contributed by atoms with E-state index >= 15 is 0 Å². The minimum Gasteiger partial charge on any atom is -0.381 e. The van der Waals surface area contributed by atoms with E-state index in [9.17, 15) is 0 Å². The molecule has 2 saturated heterocycles. The quantitative estimate of drug-likeness (QED) is 0.513. The van der Waals surface area contributed by atoms with Crippen molar-refractivity contribution in [2.45, 2.75) is 25.9 Å². The summed E-state index contributed by atoms with van der Waals surface area (Å²) in [6.07, 6.45) is 2.91. The first-order chi connectivity index (χ1) is 4.81. The third-order valence-electron chi connectivity index (χ3n) is 2.75. The van der Waals surface area contributed by atoms with Gasteiger partial charge in [-0.1, -0.05) is 6.92 Å². The largest absolute Gasteiger partial charge is 0.381 e. The number of hydrogen-bond donors (Lipinski definition) is 0. The van der Waals surface area contributed by atoms with Gasteiger partial charge < -0.3 is 9.47 Å². The van der Waals surface area contributed by atoms with Crippen LogP contribution in [0.2, 0.25) is 0 Å². The first-order valence-electron chi connectivity index (χ1n) is 4.01. The average molecular weight is 142 g/mol. The Labute approximate surface area is 61.5 Å². The van der Waals surface area contributed by atoms with E-state index in [2.05, 4.69) is 6.92 Å². The summed E-state index contributed by atoms with van der Waals surface area (Å²) in [6, 6.07) is 0. The predicted octanol–water partition coefficient (Wildman–Crippen LogP) is 1.20. The molecule has 2 nitrogen and oxygen atoms in total. The van der Waals surface area contributed by atoms with Crippen LogP contribution >= 0.6 is 0 Å². The first kappa shape index (κ1) is 6.62. The van der Waals surface area contributed by atoms with Crippen LogP contribution in [-0.2, 0) is 9.47 Å². The zero-order valence-electron chi connectivity index (χ0n) is 6.43. The van der Waals surface area contributed by atoms with E-state index < -0.39 is 0 Å². The predicted molar refractivity (Wildman–Crippen MR) is 37.9 cm³/mol. The molecule has 0 aliphatic carbocycles. The standard InChI is InChI=1S/C8H14O2/c1-8(7-6-10-7)2-4-9-5-3-8/h7H,2-6H2,1H3/t7-/m0/s1. The van der Waals surface area contributed by atoms with Crippen molar-refractivity contribution in [2.24, 2.45) is 5.41 Å². The molecular formula is C8H14O2. The van der Waals surface area contributed by atoms with Gasteiger partial charge in [-0.05, 0) is 12.8 Å². The van der Waals surface area contributed by atoms with Gasteiger partial charge in [0, 0.05) is 18.6 Å². The Hall–Kier alpha value is -0.0800. The van der Waals surface area contributed by atoms with E-state index in [1.807, 2.05) is 0 Å². The Balaban J connectivity index is 1.97. The minimum atomic E-state index is 0.443. The summed E-state index contributed by atoms with van der Waals surface area (Å²) < 4.78 is 10.6. The zero-order valence-corrected chi connectivity index (χ0v) is 6.43. The summed E-state index contributed by atoms with van der Waals surface area (Å²) in [5.74, 6) is 0. The van der Waals surface area contributed by atoms with Gasteiger partial charge in [0.25, 0.3) is 0 Å². The third kappa shape index (κ3) is 1.06. The van der Waals surface area contributed by atoms with Gasteiger partial charge in [-0.3, -0.25) is 0 Å². The SMILES string of the molecule is CC1([C@@H]2CO2)CCOCC1. The van der Waals surface area contributed by atoms with Crippen LogP contribution < -0.4 is 0 Å². The smallest absolute Gasteiger partial charge is 0.0865 e. The molecule has 2 rings (SSSR count). The van der Waals surface area contributed by atoms with E-state index in [1.165, 1.54) is 12.8 Å². The monoisotopic (exact) mass is 142 g/mol. The highest BCUT2D eigenvalue weighted by Crippen LogP contribution is 2.40. The number of rotatable bonds is 1. The molecule has 2 heterocycles. The molecule has 0 aromatic heterocycles. The van der Waals surface area contributed by atoms with Crippen molar-refractivity contribution in [3.05, 3.63) is 0 Å². The number of ether oxygens (including phenoxy) is 2. The Morgan fingerprint density at radius 2 is 1.90 bits per heavy atom. The Kier molecular flexibility index (Phi) is 1.46. The lowest BCUT2D eigenvalue weighted by Crippen LogP contribution is -2.31. The van der Waals surface area contributed by atoms with Crippen molar-refractivity contribution >= 4 is 0 Å². The van der Waals surface area contributed by atoms with Crippen molar-refractivity contribution in [3.8, 4) is 0 Å². The maximum atomic E-state index is 5.30. The molecule has 10 heavy (non-hydrogen) atoms. The summed E-state index contributed by atoms with van der Waals surface area (Å²) >= 11 is 0. The van der Waals surface area contributed by atoms with E-state index in [4.69, 9.17) is 9.47 Å². The van der Waals surface area contributed by atoms with Crippen LogP contribution in [0.5, 0.6) is 0 Å². The van der Waals surface area contributed by atoms with E-state index in [-0.39, 0.29) is 0 Å². The molecule has 0 amide bonds. The highest BCUT2D eigenvalue weighted by Gasteiger charge is 2.43. The average Bonchev–Trinajstić information content (AvgIpc) is 2.69. The molecule has 0 N–H and O–H groups in total. The lowest BCUT2D eigenvalue weighted by atomic mass is 9.79. The molecule has 0 unspecified atom stereocenters. The Morgan fingerprint density at radius 1 is 1.30 bits per heavy atom. The van der Waals surface area contributed by atoms with Gasteiger partial charge in [-0.25, -0.2) is 0 Å². The normalized spacial score (nSPS) is 37.5. The van der Waals surface area contributed by atoms with Crippen molar-refractivity contribution in [1.29, 1.82) is 0 Å². The lowest BCUT2D eigenvalue weighted by molar-refractivity contribution is 0.00984. The van der Waals surface area contributed by atoms with Crippen molar-refractivity contribution in [1.82, 2.24) is 0 Å². The maximum absolute atomic E-state index is 5.30. The van der Waals surface area contributed by atoms with Gasteiger partial charge in [-0.2, -0.15) is 0 Å². The fourth-order valence-corrected chi connectivity index (χ4v) is 1.61. The lowest BCUT2D eigenvalue weighted by Gasteiger charge is -2.31. The molecule has 0 saturated carbocycles. The summed E-state index contributed by atoms with van der Waals surface area (Å²) in [7, 11) is 0. The minimum absolute atomic E-state index is 0.443. The summed E-state index contributed by atoms with van der Waals surface area (Å²) in [5, 5.41) is 0. The van der Waals surface area contributed by atoms with Gasteiger partial charge in [0.2, 0.25) is 0 Å². The van der Waals surface area contributed by atoms with Crippen molar-refractivity contribution in [2.75, 3.05) is 19.8 Å². The van der Waals surface area contributed by atoms with Crippen LogP contribution in [0.15, 0.2) is 0 Å². The highest BCUT2D eigenvalue weighted by molar-refractivity contribution is 4.91. The van der Waals surface area contributed by atoms with Gasteiger partial charge in [0.1, 0.15) is 0 Å². The second kappa shape index (κ2) is 2.21. The van der Waals surface area contributed by atoms with Gasteiger partial charge in [-0.15, -0.1) is 0 Å². The second-order valence-electron chi connectivity index (χ2n) is 3.59. The summed E-state index contributed by atoms with van der Waals surface area (Å²) in [6.45, 7) is 5.15. The fraction of sp³-hybridized carbons (Fsp3) is 1.00. The van der Waals surface area contributed by atoms with Gasteiger partial charge >= 0.3 is 0 Å². The zero-order chi connectivity index (χ0) is 7.03. The van der Waals surface area contributed by atoms with Crippen LogP contribution in [0.25, 0.3) is 0 Å². The van der Waals surface area contributed by atoms with Gasteiger partial charge in [0.15, 0.2) is 0 Å². The van der Waals surface area contributed by atoms with E-state index in [0.29, 0.717) is 11.5 Å². The topological polar surface area (TPSA) is 21.8 Å². The van der Waals surface area contributed by atoms with Crippen molar-refractivity contribution in [3.63, 3.8) is 0 Å². The maximum Gasteiger partial charge on any atom is 0.0865 e. The number of epoxide rings is 1. The molecule has 2 aliphatic rings. The first-order valence-corrected chi connectivity index (χ1v) is 4.01. The third-order valence-corrected chi connectivity index (χ3v) is 2.75. The molecule has 2 fully saturated rings. The molecule has 2 aliphatic heterocycles. The Bertz CT molecular complexity index is 123. The molecule has 0 aromatic carbocycles. The molecule has 2 heteroatoms. The highest BCUT2D eigenvalue weighted by atomic mass is 16.6. The van der Waals surface area contributed by atoms with Crippen LogP contribution in [0, 0.1) is 5.41 Å².